The van der Waals surface area contributed by atoms with Crippen LogP contribution in [0.4, 0.5) is 10.1 Å². The molecule has 176 valence electrons. The van der Waals surface area contributed by atoms with E-state index in [2.05, 4.69) is 5.32 Å². The van der Waals surface area contributed by atoms with Crippen molar-refractivity contribution < 1.29 is 32.7 Å². The van der Waals surface area contributed by atoms with Crippen molar-refractivity contribution in [1.82, 2.24) is 5.32 Å². The number of rotatable bonds is 9. The summed E-state index contributed by atoms with van der Waals surface area (Å²) in [6, 6.07) is 13.3. The normalized spacial score (nSPS) is 12.6. The minimum absolute atomic E-state index is 0.0694. The summed E-state index contributed by atoms with van der Waals surface area (Å²) in [6.07, 6.45) is 0.800. The fraction of sp³-hybridized carbons (Fsp3) is 0.240. The Hall–Kier alpha value is -4.14. The third kappa shape index (κ3) is 5.25. The van der Waals surface area contributed by atoms with E-state index in [4.69, 9.17) is 13.9 Å². The molecule has 0 saturated carbocycles. The number of furan rings is 1. The summed E-state index contributed by atoms with van der Waals surface area (Å²) in [6.45, 7) is 2.14. The number of halogens is 1. The Balaban J connectivity index is 1.49. The fourth-order valence-electron chi connectivity index (χ4n) is 3.38. The monoisotopic (exact) mass is 466 g/mol. The molecule has 0 fully saturated rings. The first-order valence-corrected chi connectivity index (χ1v) is 10.8. The molecule has 3 aromatic rings. The molecule has 1 aromatic heterocycles. The molecule has 34 heavy (non-hydrogen) atoms. The average Bonchev–Trinajstić information content (AvgIpc) is 3.32. The van der Waals surface area contributed by atoms with E-state index in [1.54, 1.807) is 30.3 Å². The lowest BCUT2D eigenvalue weighted by atomic mass is 10.1. The number of Topliss-reactive ketones (excluding diaryl/α,β-unsaturated/α-hetero) is 1. The van der Waals surface area contributed by atoms with Crippen molar-refractivity contribution >= 4 is 23.3 Å². The third-order valence-electron chi connectivity index (χ3n) is 5.14. The van der Waals surface area contributed by atoms with Gasteiger partial charge in [-0.2, -0.15) is 0 Å². The molecule has 2 aromatic carbocycles. The van der Waals surface area contributed by atoms with Gasteiger partial charge in [0.2, 0.25) is 0 Å². The fourth-order valence-corrected chi connectivity index (χ4v) is 3.38. The Morgan fingerprint density at radius 1 is 1.12 bits per heavy atom. The lowest BCUT2D eigenvalue weighted by molar-refractivity contribution is -0.121. The van der Waals surface area contributed by atoms with Gasteiger partial charge >= 0.3 is 0 Å². The van der Waals surface area contributed by atoms with Crippen molar-refractivity contribution in [2.45, 2.75) is 19.9 Å². The van der Waals surface area contributed by atoms with Gasteiger partial charge in [0.05, 0.1) is 12.2 Å². The minimum atomic E-state index is -0.400. The summed E-state index contributed by atoms with van der Waals surface area (Å²) in [5.41, 5.74) is 0.737. The third-order valence-corrected chi connectivity index (χ3v) is 5.14. The van der Waals surface area contributed by atoms with Crippen LogP contribution in [0.3, 0.4) is 0 Å². The van der Waals surface area contributed by atoms with Crippen LogP contribution in [0.1, 0.15) is 40.0 Å². The molecule has 0 saturated heterocycles. The second-order valence-corrected chi connectivity index (χ2v) is 7.64. The van der Waals surface area contributed by atoms with E-state index >= 15 is 0 Å². The number of carbonyl (C=O) groups is 3. The van der Waals surface area contributed by atoms with E-state index in [0.29, 0.717) is 35.1 Å². The molecule has 0 aliphatic carbocycles. The molecule has 1 aliphatic heterocycles. The molecule has 2 amide bonds. The van der Waals surface area contributed by atoms with Crippen molar-refractivity contribution in [2.24, 2.45) is 0 Å². The van der Waals surface area contributed by atoms with E-state index < -0.39 is 5.82 Å². The van der Waals surface area contributed by atoms with E-state index in [1.165, 1.54) is 29.2 Å². The molecule has 0 spiro atoms. The van der Waals surface area contributed by atoms with Crippen LogP contribution in [0.25, 0.3) is 0 Å². The highest BCUT2D eigenvalue weighted by Crippen LogP contribution is 2.34. The summed E-state index contributed by atoms with van der Waals surface area (Å²) in [7, 11) is 0. The summed E-state index contributed by atoms with van der Waals surface area (Å²) < 4.78 is 29.6. The van der Waals surface area contributed by atoms with Gasteiger partial charge in [0.15, 0.2) is 24.8 Å². The van der Waals surface area contributed by atoms with Gasteiger partial charge in [0, 0.05) is 12.1 Å². The van der Waals surface area contributed by atoms with Crippen LogP contribution >= 0.6 is 0 Å². The van der Waals surface area contributed by atoms with Gasteiger partial charge < -0.3 is 19.2 Å². The van der Waals surface area contributed by atoms with Crippen molar-refractivity contribution in [3.63, 3.8) is 0 Å². The molecule has 0 atom stereocenters. The molecule has 2 heterocycles. The first kappa shape index (κ1) is 23.0. The van der Waals surface area contributed by atoms with Crippen LogP contribution in [0.2, 0.25) is 0 Å². The minimum Gasteiger partial charge on any atom is -0.485 e. The van der Waals surface area contributed by atoms with Gasteiger partial charge in [-0.1, -0.05) is 6.92 Å². The Labute approximate surface area is 195 Å². The van der Waals surface area contributed by atoms with Crippen molar-refractivity contribution in [2.75, 3.05) is 24.7 Å². The Kier molecular flexibility index (Phi) is 6.91. The predicted molar refractivity (Wildman–Crippen MR) is 121 cm³/mol. The average molecular weight is 466 g/mol. The number of hydrogen-bond donors (Lipinski definition) is 1. The lowest BCUT2D eigenvalue weighted by Gasteiger charge is -2.29. The molecule has 1 aliphatic rings. The summed E-state index contributed by atoms with van der Waals surface area (Å²) in [4.78, 5) is 38.8. The molecule has 8 nitrogen and oxygen atoms in total. The lowest BCUT2D eigenvalue weighted by Crippen LogP contribution is -2.38. The Morgan fingerprint density at radius 3 is 2.68 bits per heavy atom. The highest BCUT2D eigenvalue weighted by molar-refractivity contribution is 6.02. The Bertz CT molecular complexity index is 1200. The number of nitrogens with one attached hydrogen (secondary N) is 1. The summed E-state index contributed by atoms with van der Waals surface area (Å²) >= 11 is 0. The molecule has 0 bridgehead atoms. The van der Waals surface area contributed by atoms with Gasteiger partial charge in [0.25, 0.3) is 11.8 Å². The SMILES string of the molecule is CCCNC(=O)c1ccc(CN2C(=O)COc3ccc(C(=O)COc4ccc(F)cc4)cc32)o1. The van der Waals surface area contributed by atoms with Gasteiger partial charge in [-0.15, -0.1) is 0 Å². The van der Waals surface area contributed by atoms with Crippen LogP contribution in [0, 0.1) is 5.82 Å². The molecule has 0 unspecified atom stereocenters. The van der Waals surface area contributed by atoms with Gasteiger partial charge in [-0.05, 0) is 61.0 Å². The molecule has 4 rings (SSSR count). The zero-order valence-corrected chi connectivity index (χ0v) is 18.5. The zero-order valence-electron chi connectivity index (χ0n) is 18.5. The molecule has 0 radical (unpaired) electrons. The van der Waals surface area contributed by atoms with E-state index in [0.717, 1.165) is 6.42 Å². The second-order valence-electron chi connectivity index (χ2n) is 7.64. The second kappa shape index (κ2) is 10.2. The number of nitrogens with zero attached hydrogens (tertiary/aromatic N) is 1. The van der Waals surface area contributed by atoms with Crippen LogP contribution in [-0.4, -0.2) is 37.4 Å². The number of anilines is 1. The molecular formula is C25H23FN2O6. The van der Waals surface area contributed by atoms with Crippen LogP contribution < -0.4 is 19.7 Å². The first-order valence-electron chi connectivity index (χ1n) is 10.8. The molecule has 9 heteroatoms. The molecule has 1 N–H and O–H groups in total. The maximum absolute atomic E-state index is 13.0. The smallest absolute Gasteiger partial charge is 0.286 e. The largest absolute Gasteiger partial charge is 0.485 e. The zero-order chi connectivity index (χ0) is 24.1. The number of carbonyl (C=O) groups excluding carboxylic acids is 3. The van der Waals surface area contributed by atoms with Crippen LogP contribution in [0.5, 0.6) is 11.5 Å². The van der Waals surface area contributed by atoms with Gasteiger partial charge in [-0.3, -0.25) is 19.3 Å². The van der Waals surface area contributed by atoms with E-state index in [-0.39, 0.29) is 43.1 Å². The van der Waals surface area contributed by atoms with Crippen LogP contribution in [0.15, 0.2) is 59.0 Å². The first-order chi connectivity index (χ1) is 16.4. The number of hydrogen-bond acceptors (Lipinski definition) is 6. The van der Waals surface area contributed by atoms with Gasteiger partial charge in [0.1, 0.15) is 23.1 Å². The van der Waals surface area contributed by atoms with E-state index in [9.17, 15) is 18.8 Å². The predicted octanol–water partition coefficient (Wildman–Crippen LogP) is 3.75. The molecular weight excluding hydrogens is 443 g/mol. The highest BCUT2D eigenvalue weighted by atomic mass is 19.1. The maximum Gasteiger partial charge on any atom is 0.286 e. The highest BCUT2D eigenvalue weighted by Gasteiger charge is 2.28. The van der Waals surface area contributed by atoms with E-state index in [1.807, 2.05) is 6.92 Å². The number of amides is 2. The maximum atomic E-state index is 13.0. The van der Waals surface area contributed by atoms with Crippen molar-refractivity contribution in [3.8, 4) is 11.5 Å². The number of ketones is 1. The Morgan fingerprint density at radius 2 is 1.91 bits per heavy atom. The van der Waals surface area contributed by atoms with Crippen molar-refractivity contribution in [1.29, 1.82) is 0 Å². The van der Waals surface area contributed by atoms with Gasteiger partial charge in [-0.25, -0.2) is 4.39 Å². The summed E-state index contributed by atoms with van der Waals surface area (Å²) in [5, 5.41) is 2.74. The van der Waals surface area contributed by atoms with Crippen LogP contribution in [-0.2, 0) is 11.3 Å². The number of benzene rings is 2. The summed E-state index contributed by atoms with van der Waals surface area (Å²) in [5.74, 6) is 0.0308. The number of fused-ring (bicyclic) bond motifs is 1. The topological polar surface area (TPSA) is 98.1 Å². The standard InChI is InChI=1S/C25H23FN2O6/c1-2-11-27-25(31)23-10-8-19(34-23)13-28-20-12-16(3-9-22(20)33-15-24(28)30)21(29)14-32-18-6-4-17(26)5-7-18/h3-10,12H,2,11,13-15H2,1H3,(H,27,31). The van der Waals surface area contributed by atoms with Crippen molar-refractivity contribution in [3.05, 3.63) is 77.5 Å². The quantitative estimate of drug-likeness (QED) is 0.483. The number of ether oxygens (including phenoxy) is 2.